The van der Waals surface area contributed by atoms with Crippen LogP contribution in [-0.2, 0) is 17.6 Å². The first kappa shape index (κ1) is 26.4. The van der Waals surface area contributed by atoms with Gasteiger partial charge in [-0.1, -0.05) is 55.7 Å². The Morgan fingerprint density at radius 1 is 0.923 bits per heavy atom. The van der Waals surface area contributed by atoms with Crippen LogP contribution in [0.2, 0.25) is 0 Å². The second-order valence-electron chi connectivity index (χ2n) is 10.3. The molecule has 4 aromatic rings. The highest BCUT2D eigenvalue weighted by Crippen LogP contribution is 2.29. The Morgan fingerprint density at radius 2 is 1.74 bits per heavy atom. The summed E-state index contributed by atoms with van der Waals surface area (Å²) in [5.41, 5.74) is 10.8. The van der Waals surface area contributed by atoms with Gasteiger partial charge in [-0.3, -0.25) is 9.78 Å². The fourth-order valence-electron chi connectivity index (χ4n) is 5.19. The molecule has 2 aromatic carbocycles. The number of primary amides is 1. The SMILES string of the molecule is NC(=O)CCCCCCCCC#Cc1ccc2c(c1)C[C@H](Nc1nc(-c3cccnc3)nc3ccccc13)C2. The summed E-state index contributed by atoms with van der Waals surface area (Å²) >= 11 is 0. The fraction of sp³-hybridized carbons (Fsp3) is 0.333. The molecule has 2 aromatic heterocycles. The van der Waals surface area contributed by atoms with Crippen LogP contribution in [-0.4, -0.2) is 26.9 Å². The minimum Gasteiger partial charge on any atom is -0.370 e. The summed E-state index contributed by atoms with van der Waals surface area (Å²) < 4.78 is 0. The summed E-state index contributed by atoms with van der Waals surface area (Å²) in [6, 6.07) is 18.9. The Bertz CT molecular complexity index is 1490. The van der Waals surface area contributed by atoms with Gasteiger partial charge < -0.3 is 11.1 Å². The fourth-order valence-corrected chi connectivity index (χ4v) is 5.19. The summed E-state index contributed by atoms with van der Waals surface area (Å²) in [6.07, 6.45) is 13.5. The maximum absolute atomic E-state index is 10.8. The topological polar surface area (TPSA) is 93.8 Å². The van der Waals surface area contributed by atoms with E-state index in [2.05, 4.69) is 46.4 Å². The van der Waals surface area contributed by atoms with Gasteiger partial charge in [0.2, 0.25) is 5.91 Å². The van der Waals surface area contributed by atoms with Gasteiger partial charge in [0.15, 0.2) is 5.82 Å². The summed E-state index contributed by atoms with van der Waals surface area (Å²) in [6.45, 7) is 0. The molecule has 1 aliphatic carbocycles. The molecule has 0 saturated carbocycles. The Labute approximate surface area is 230 Å². The second kappa shape index (κ2) is 13.0. The number of fused-ring (bicyclic) bond motifs is 2. The van der Waals surface area contributed by atoms with Crippen molar-refractivity contribution < 1.29 is 4.79 Å². The number of nitrogens with zero attached hydrogens (tertiary/aromatic N) is 3. The minimum atomic E-state index is -0.196. The molecule has 1 atom stereocenters. The van der Waals surface area contributed by atoms with Crippen LogP contribution in [0.3, 0.4) is 0 Å². The monoisotopic (exact) mass is 517 g/mol. The Hall–Kier alpha value is -4.24. The van der Waals surface area contributed by atoms with Crippen molar-refractivity contribution in [3.8, 4) is 23.2 Å². The maximum Gasteiger partial charge on any atom is 0.217 e. The van der Waals surface area contributed by atoms with E-state index in [4.69, 9.17) is 15.7 Å². The van der Waals surface area contributed by atoms with Crippen LogP contribution in [0.15, 0.2) is 67.0 Å². The minimum absolute atomic E-state index is 0.196. The van der Waals surface area contributed by atoms with Crippen molar-refractivity contribution in [2.45, 2.75) is 70.3 Å². The lowest BCUT2D eigenvalue weighted by atomic mass is 10.1. The zero-order valence-electron chi connectivity index (χ0n) is 22.3. The number of nitrogens with two attached hydrogens (primary N) is 1. The zero-order chi connectivity index (χ0) is 26.9. The van der Waals surface area contributed by atoms with Crippen molar-refractivity contribution in [1.82, 2.24) is 15.0 Å². The van der Waals surface area contributed by atoms with Gasteiger partial charge in [-0.2, -0.15) is 0 Å². The molecular formula is C33H35N5O. The number of nitrogens with one attached hydrogen (secondary N) is 1. The molecule has 3 N–H and O–H groups in total. The van der Waals surface area contributed by atoms with E-state index in [1.54, 1.807) is 12.4 Å². The number of carbonyl (C=O) groups is 1. The number of carbonyl (C=O) groups excluding carboxylic acids is 1. The van der Waals surface area contributed by atoms with E-state index in [0.717, 1.165) is 72.8 Å². The summed E-state index contributed by atoms with van der Waals surface area (Å²) in [5, 5.41) is 4.75. The quantitative estimate of drug-likeness (QED) is 0.182. The molecule has 0 unspecified atom stereocenters. The number of pyridine rings is 1. The van der Waals surface area contributed by atoms with Crippen molar-refractivity contribution in [3.05, 3.63) is 83.7 Å². The zero-order valence-corrected chi connectivity index (χ0v) is 22.3. The van der Waals surface area contributed by atoms with E-state index < -0.39 is 0 Å². The van der Waals surface area contributed by atoms with Crippen molar-refractivity contribution in [3.63, 3.8) is 0 Å². The van der Waals surface area contributed by atoms with Gasteiger partial charge in [-0.15, -0.1) is 0 Å². The molecule has 1 aliphatic rings. The van der Waals surface area contributed by atoms with Crippen LogP contribution < -0.4 is 11.1 Å². The van der Waals surface area contributed by atoms with E-state index >= 15 is 0 Å². The van der Waals surface area contributed by atoms with Gasteiger partial charge in [0.1, 0.15) is 5.82 Å². The number of anilines is 1. The standard InChI is InChI=1S/C33H35N5O/c34-31(39)16-8-6-4-2-1-3-5-7-12-24-17-18-25-21-28(22-27(25)20-24)36-33-29-14-9-10-15-30(29)37-32(38-33)26-13-11-19-35-23-26/h9-11,13-15,17-20,23,28H,1-6,8,16,21-22H2,(H2,34,39)(H,36,37,38)/t28-/m1/s1. The number of para-hydroxylation sites is 1. The molecule has 0 radical (unpaired) electrons. The van der Waals surface area contributed by atoms with Crippen LogP contribution in [0.25, 0.3) is 22.3 Å². The van der Waals surface area contributed by atoms with Crippen molar-refractivity contribution in [2.75, 3.05) is 5.32 Å². The van der Waals surface area contributed by atoms with Crippen molar-refractivity contribution in [2.24, 2.45) is 5.73 Å². The van der Waals surface area contributed by atoms with Crippen LogP contribution in [0.1, 0.15) is 68.1 Å². The van der Waals surface area contributed by atoms with Crippen LogP contribution >= 0.6 is 0 Å². The number of hydrogen-bond donors (Lipinski definition) is 2. The summed E-state index contributed by atoms with van der Waals surface area (Å²) in [7, 11) is 0. The van der Waals surface area contributed by atoms with Crippen LogP contribution in [0, 0.1) is 11.8 Å². The molecule has 198 valence electrons. The molecule has 2 heterocycles. The van der Waals surface area contributed by atoms with Gasteiger partial charge in [0.05, 0.1) is 5.52 Å². The first-order valence-corrected chi connectivity index (χ1v) is 14.0. The summed E-state index contributed by atoms with van der Waals surface area (Å²) in [4.78, 5) is 24.7. The lowest BCUT2D eigenvalue weighted by Gasteiger charge is -2.15. The van der Waals surface area contributed by atoms with Crippen molar-refractivity contribution >= 4 is 22.6 Å². The molecule has 0 aliphatic heterocycles. The largest absolute Gasteiger partial charge is 0.370 e. The first-order valence-electron chi connectivity index (χ1n) is 14.0. The second-order valence-corrected chi connectivity index (χ2v) is 10.3. The average Bonchev–Trinajstić information content (AvgIpc) is 3.36. The Morgan fingerprint density at radius 3 is 2.59 bits per heavy atom. The third-order valence-corrected chi connectivity index (χ3v) is 7.21. The van der Waals surface area contributed by atoms with E-state index in [1.807, 2.05) is 30.3 Å². The molecule has 0 fully saturated rings. The predicted molar refractivity (Wildman–Crippen MR) is 157 cm³/mol. The van der Waals surface area contributed by atoms with Gasteiger partial charge in [-0.25, -0.2) is 9.97 Å². The number of aromatic nitrogens is 3. The number of hydrogen-bond acceptors (Lipinski definition) is 5. The highest BCUT2D eigenvalue weighted by Gasteiger charge is 2.23. The molecule has 0 spiro atoms. The van der Waals surface area contributed by atoms with E-state index in [9.17, 15) is 4.79 Å². The smallest absolute Gasteiger partial charge is 0.217 e. The highest BCUT2D eigenvalue weighted by molar-refractivity contribution is 5.90. The predicted octanol–water partition coefficient (Wildman–Crippen LogP) is 6.23. The molecule has 6 nitrogen and oxygen atoms in total. The molecule has 5 rings (SSSR count). The number of rotatable bonds is 11. The van der Waals surface area contributed by atoms with Gasteiger partial charge >= 0.3 is 0 Å². The first-order chi connectivity index (χ1) is 19.2. The molecule has 0 saturated heterocycles. The Balaban J connectivity index is 1.17. The lowest BCUT2D eigenvalue weighted by molar-refractivity contribution is -0.118. The number of amides is 1. The van der Waals surface area contributed by atoms with Gasteiger partial charge in [-0.05, 0) is 73.2 Å². The van der Waals surface area contributed by atoms with Gasteiger partial charge in [0.25, 0.3) is 0 Å². The molecule has 6 heteroatoms. The molecular weight excluding hydrogens is 482 g/mol. The number of unbranched alkanes of at least 4 members (excludes halogenated alkanes) is 6. The summed E-state index contributed by atoms with van der Waals surface area (Å²) in [5.74, 6) is 8.07. The van der Waals surface area contributed by atoms with E-state index in [1.165, 1.54) is 24.0 Å². The third-order valence-electron chi connectivity index (χ3n) is 7.21. The van der Waals surface area contributed by atoms with Crippen LogP contribution in [0.4, 0.5) is 5.82 Å². The van der Waals surface area contributed by atoms with Crippen molar-refractivity contribution in [1.29, 1.82) is 0 Å². The van der Waals surface area contributed by atoms with Crippen LogP contribution in [0.5, 0.6) is 0 Å². The molecule has 39 heavy (non-hydrogen) atoms. The van der Waals surface area contributed by atoms with E-state index in [0.29, 0.717) is 12.2 Å². The molecule has 1 amide bonds. The lowest BCUT2D eigenvalue weighted by Crippen LogP contribution is -2.20. The van der Waals surface area contributed by atoms with Gasteiger partial charge in [0, 0.05) is 47.8 Å². The number of benzene rings is 2. The normalized spacial score (nSPS) is 14.0. The maximum atomic E-state index is 10.8. The molecule has 0 bridgehead atoms. The average molecular weight is 518 g/mol. The van der Waals surface area contributed by atoms with E-state index in [-0.39, 0.29) is 11.9 Å². The third kappa shape index (κ3) is 7.20. The Kier molecular flexibility index (Phi) is 8.80. The highest BCUT2D eigenvalue weighted by atomic mass is 16.1.